The minimum atomic E-state index is -0.448. The monoisotopic (exact) mass is 478 g/mol. The van der Waals surface area contributed by atoms with Gasteiger partial charge in [-0.05, 0) is 76.2 Å². The molecule has 3 heterocycles. The van der Waals surface area contributed by atoms with E-state index >= 15 is 0 Å². The number of fused-ring (bicyclic) bond motifs is 2. The molecule has 1 N–H and O–H groups in total. The summed E-state index contributed by atoms with van der Waals surface area (Å²) >= 11 is 0. The molecule has 0 amide bonds. The molecule has 0 saturated carbocycles. The molecule has 36 heavy (non-hydrogen) atoms. The lowest BCUT2D eigenvalue weighted by molar-refractivity contribution is 0.414. The van der Waals surface area contributed by atoms with Gasteiger partial charge in [0.25, 0.3) is 5.56 Å². The van der Waals surface area contributed by atoms with Crippen molar-refractivity contribution in [2.45, 2.75) is 25.9 Å². The van der Waals surface area contributed by atoms with E-state index in [9.17, 15) is 4.79 Å². The molecule has 6 rings (SSSR count). The Morgan fingerprint density at radius 1 is 1.06 bits per heavy atom. The zero-order valence-corrected chi connectivity index (χ0v) is 20.2. The summed E-state index contributed by atoms with van der Waals surface area (Å²) in [5.74, 6) is 1.42. The van der Waals surface area contributed by atoms with Crippen LogP contribution in [0, 0.1) is 6.92 Å². The standard InChI is InChI=1S/C28H26N6O2/c1-18-7-10-21-16-23(28(35)29-24(21)15-18)26(33-14-13-20-5-3-4-6-25(20)33)27-30-31-32-34(27)17-19-8-11-22(36-2)12-9-19/h3-12,15-16,26H,13-14,17H2,1-2H3,(H,29,35)/t26-/m1/s1. The lowest BCUT2D eigenvalue weighted by Crippen LogP contribution is -2.34. The van der Waals surface area contributed by atoms with Crippen LogP contribution in [0.25, 0.3) is 10.9 Å². The summed E-state index contributed by atoms with van der Waals surface area (Å²) in [6, 6.07) is 23.8. The third-order valence-corrected chi connectivity index (χ3v) is 6.86. The lowest BCUT2D eigenvalue weighted by atomic mass is 10.0. The van der Waals surface area contributed by atoms with E-state index in [0.29, 0.717) is 17.9 Å². The van der Waals surface area contributed by atoms with Gasteiger partial charge in [-0.2, -0.15) is 0 Å². The molecule has 3 aromatic carbocycles. The van der Waals surface area contributed by atoms with Crippen molar-refractivity contribution in [3.63, 3.8) is 0 Å². The van der Waals surface area contributed by atoms with E-state index in [1.165, 1.54) is 5.56 Å². The summed E-state index contributed by atoms with van der Waals surface area (Å²) < 4.78 is 7.07. The highest BCUT2D eigenvalue weighted by molar-refractivity contribution is 5.80. The number of nitrogens with zero attached hydrogens (tertiary/aromatic N) is 5. The average molecular weight is 479 g/mol. The molecule has 1 aliphatic rings. The van der Waals surface area contributed by atoms with Crippen molar-refractivity contribution < 1.29 is 4.74 Å². The lowest BCUT2D eigenvalue weighted by Gasteiger charge is -2.29. The third-order valence-electron chi connectivity index (χ3n) is 6.86. The maximum Gasteiger partial charge on any atom is 0.254 e. The van der Waals surface area contributed by atoms with E-state index in [0.717, 1.165) is 46.4 Å². The van der Waals surface area contributed by atoms with Crippen LogP contribution in [-0.4, -0.2) is 38.8 Å². The predicted octanol–water partition coefficient (Wildman–Crippen LogP) is 4.03. The molecule has 2 aromatic heterocycles. The van der Waals surface area contributed by atoms with Crippen molar-refractivity contribution in [2.75, 3.05) is 18.6 Å². The van der Waals surface area contributed by atoms with Gasteiger partial charge in [-0.1, -0.05) is 42.5 Å². The fraction of sp³-hybridized carbons (Fsp3) is 0.214. The molecule has 0 fully saturated rings. The molecule has 0 unspecified atom stereocenters. The van der Waals surface area contributed by atoms with Crippen LogP contribution in [0.2, 0.25) is 0 Å². The Bertz CT molecular complexity index is 1610. The molecule has 0 radical (unpaired) electrons. The second kappa shape index (κ2) is 8.96. The fourth-order valence-electron chi connectivity index (χ4n) is 5.04. The molecular weight excluding hydrogens is 452 g/mol. The van der Waals surface area contributed by atoms with E-state index in [1.54, 1.807) is 11.8 Å². The van der Waals surface area contributed by atoms with Gasteiger partial charge in [0.2, 0.25) is 0 Å². The van der Waals surface area contributed by atoms with Crippen LogP contribution in [0.1, 0.15) is 34.1 Å². The van der Waals surface area contributed by atoms with Crippen LogP contribution in [0.4, 0.5) is 5.69 Å². The van der Waals surface area contributed by atoms with E-state index in [1.807, 2.05) is 55.5 Å². The number of hydrogen-bond acceptors (Lipinski definition) is 6. The normalized spacial score (nSPS) is 13.7. The molecule has 8 heteroatoms. The van der Waals surface area contributed by atoms with Gasteiger partial charge in [-0.25, -0.2) is 4.68 Å². The summed E-state index contributed by atoms with van der Waals surface area (Å²) in [6.07, 6.45) is 0.900. The number of rotatable bonds is 6. The number of methoxy groups -OCH3 is 1. The minimum Gasteiger partial charge on any atom is -0.497 e. The Morgan fingerprint density at radius 2 is 1.89 bits per heavy atom. The number of aromatic amines is 1. The van der Waals surface area contributed by atoms with Crippen LogP contribution in [0.15, 0.2) is 77.6 Å². The number of pyridine rings is 1. The Morgan fingerprint density at radius 3 is 2.72 bits per heavy atom. The first-order valence-electron chi connectivity index (χ1n) is 12.0. The number of anilines is 1. The van der Waals surface area contributed by atoms with Gasteiger partial charge in [-0.15, -0.1) is 5.10 Å². The summed E-state index contributed by atoms with van der Waals surface area (Å²) in [4.78, 5) is 18.9. The van der Waals surface area contributed by atoms with Crippen molar-refractivity contribution in [1.82, 2.24) is 25.2 Å². The first kappa shape index (κ1) is 22.0. The van der Waals surface area contributed by atoms with Crippen molar-refractivity contribution in [3.05, 3.63) is 111 Å². The zero-order chi connectivity index (χ0) is 24.6. The molecule has 1 aliphatic heterocycles. The highest BCUT2D eigenvalue weighted by Crippen LogP contribution is 2.37. The van der Waals surface area contributed by atoms with Crippen molar-refractivity contribution in [1.29, 1.82) is 0 Å². The number of aryl methyl sites for hydroxylation is 1. The average Bonchev–Trinajstić information content (AvgIpc) is 3.53. The summed E-state index contributed by atoms with van der Waals surface area (Å²) in [5.41, 5.74) is 5.79. The van der Waals surface area contributed by atoms with Crippen LogP contribution in [0.3, 0.4) is 0 Å². The smallest absolute Gasteiger partial charge is 0.254 e. The Labute approximate surface area is 208 Å². The van der Waals surface area contributed by atoms with Gasteiger partial charge in [0.1, 0.15) is 11.8 Å². The quantitative estimate of drug-likeness (QED) is 0.396. The largest absolute Gasteiger partial charge is 0.497 e. The summed E-state index contributed by atoms with van der Waals surface area (Å²) in [7, 11) is 1.65. The number of aromatic nitrogens is 5. The SMILES string of the molecule is COc1ccc(Cn2nnnc2[C@@H](c2cc3ccc(C)cc3[nH]c2=O)N2CCc3ccccc32)cc1. The Hall–Kier alpha value is -4.46. The van der Waals surface area contributed by atoms with Gasteiger partial charge in [-0.3, -0.25) is 4.79 Å². The zero-order valence-electron chi connectivity index (χ0n) is 20.2. The molecule has 0 aliphatic carbocycles. The Kier molecular flexibility index (Phi) is 5.48. The molecule has 8 nitrogen and oxygen atoms in total. The van der Waals surface area contributed by atoms with Crippen LogP contribution in [-0.2, 0) is 13.0 Å². The van der Waals surface area contributed by atoms with Crippen molar-refractivity contribution in [3.8, 4) is 5.75 Å². The van der Waals surface area contributed by atoms with E-state index in [4.69, 9.17) is 4.74 Å². The second-order valence-electron chi connectivity index (χ2n) is 9.16. The first-order valence-corrected chi connectivity index (χ1v) is 12.0. The summed E-state index contributed by atoms with van der Waals surface area (Å²) in [6.45, 7) is 3.26. The fourth-order valence-corrected chi connectivity index (χ4v) is 5.04. The molecular formula is C28H26N6O2. The Balaban J connectivity index is 1.49. The van der Waals surface area contributed by atoms with Gasteiger partial charge in [0.05, 0.1) is 13.7 Å². The number of hydrogen-bond donors (Lipinski definition) is 1. The first-order chi connectivity index (χ1) is 17.6. The van der Waals surface area contributed by atoms with E-state index in [-0.39, 0.29) is 5.56 Å². The molecule has 5 aromatic rings. The van der Waals surface area contributed by atoms with Gasteiger partial charge >= 0.3 is 0 Å². The number of benzene rings is 3. The maximum atomic E-state index is 13.5. The van der Waals surface area contributed by atoms with Gasteiger partial charge in [0, 0.05) is 23.3 Å². The number of H-pyrrole nitrogens is 1. The third kappa shape index (κ3) is 3.90. The van der Waals surface area contributed by atoms with Crippen LogP contribution < -0.4 is 15.2 Å². The molecule has 0 spiro atoms. The number of tetrazole rings is 1. The second-order valence-corrected chi connectivity index (χ2v) is 9.16. The van der Waals surface area contributed by atoms with Crippen molar-refractivity contribution in [2.24, 2.45) is 0 Å². The number of nitrogens with one attached hydrogen (secondary N) is 1. The molecule has 0 bridgehead atoms. The predicted molar refractivity (Wildman–Crippen MR) is 139 cm³/mol. The van der Waals surface area contributed by atoms with E-state index in [2.05, 4.69) is 49.7 Å². The molecule has 1 atom stereocenters. The highest BCUT2D eigenvalue weighted by Gasteiger charge is 2.34. The minimum absolute atomic E-state index is 0.138. The van der Waals surface area contributed by atoms with Gasteiger partial charge in [0.15, 0.2) is 5.82 Å². The van der Waals surface area contributed by atoms with E-state index < -0.39 is 6.04 Å². The van der Waals surface area contributed by atoms with Crippen LogP contribution >= 0.6 is 0 Å². The van der Waals surface area contributed by atoms with Crippen LogP contribution in [0.5, 0.6) is 5.75 Å². The molecule has 180 valence electrons. The number of ether oxygens (including phenoxy) is 1. The number of para-hydroxylation sites is 1. The summed E-state index contributed by atoms with van der Waals surface area (Å²) in [5, 5.41) is 13.8. The highest BCUT2D eigenvalue weighted by atomic mass is 16.5. The van der Waals surface area contributed by atoms with Crippen molar-refractivity contribution >= 4 is 16.6 Å². The topological polar surface area (TPSA) is 88.9 Å². The maximum absolute atomic E-state index is 13.5. The molecule has 0 saturated heterocycles. The van der Waals surface area contributed by atoms with Gasteiger partial charge < -0.3 is 14.6 Å².